The van der Waals surface area contributed by atoms with Gasteiger partial charge in [0.15, 0.2) is 0 Å². The number of hydrogen-bond acceptors (Lipinski definition) is 4. The number of rotatable bonds is 7. The van der Waals surface area contributed by atoms with Gasteiger partial charge in [0, 0.05) is 35.2 Å². The van der Waals surface area contributed by atoms with Crippen LogP contribution in [0.15, 0.2) is 23.7 Å². The van der Waals surface area contributed by atoms with Crippen LogP contribution >= 0.6 is 11.3 Å². The first-order valence-electron chi connectivity index (χ1n) is 6.57. The standard InChI is InChI=1S/C14H21N3OS/c1-4-15-13(14-9-12(18-3)10-19-14)6-5-11-7-8-16-17(11)2/h7-10,13,15H,4-6H2,1-3H3. The van der Waals surface area contributed by atoms with E-state index >= 15 is 0 Å². The third-order valence-electron chi connectivity index (χ3n) is 3.24. The van der Waals surface area contributed by atoms with Crippen molar-refractivity contribution in [2.75, 3.05) is 13.7 Å². The predicted molar refractivity (Wildman–Crippen MR) is 78.8 cm³/mol. The molecule has 0 spiro atoms. The van der Waals surface area contributed by atoms with Crippen LogP contribution in [-0.4, -0.2) is 23.4 Å². The monoisotopic (exact) mass is 279 g/mol. The summed E-state index contributed by atoms with van der Waals surface area (Å²) in [5.41, 5.74) is 1.27. The minimum absolute atomic E-state index is 0.383. The molecule has 0 saturated carbocycles. The van der Waals surface area contributed by atoms with E-state index < -0.39 is 0 Å². The van der Waals surface area contributed by atoms with E-state index in [9.17, 15) is 0 Å². The van der Waals surface area contributed by atoms with Crippen LogP contribution in [0, 0.1) is 0 Å². The van der Waals surface area contributed by atoms with Gasteiger partial charge in [-0.3, -0.25) is 4.68 Å². The highest BCUT2D eigenvalue weighted by atomic mass is 32.1. The summed E-state index contributed by atoms with van der Waals surface area (Å²) in [4.78, 5) is 1.33. The number of hydrogen-bond donors (Lipinski definition) is 1. The lowest BCUT2D eigenvalue weighted by molar-refractivity contribution is 0.415. The van der Waals surface area contributed by atoms with Crippen LogP contribution in [0.3, 0.4) is 0 Å². The number of aromatic nitrogens is 2. The number of thiophene rings is 1. The molecule has 0 saturated heterocycles. The Balaban J connectivity index is 2.01. The zero-order valence-corrected chi connectivity index (χ0v) is 12.5. The number of ether oxygens (including phenoxy) is 1. The van der Waals surface area contributed by atoms with Crippen molar-refractivity contribution >= 4 is 11.3 Å². The summed E-state index contributed by atoms with van der Waals surface area (Å²) >= 11 is 1.75. The van der Waals surface area contributed by atoms with Crippen molar-refractivity contribution in [2.24, 2.45) is 7.05 Å². The third-order valence-corrected chi connectivity index (χ3v) is 4.26. The van der Waals surface area contributed by atoms with Crippen molar-refractivity contribution in [3.8, 4) is 5.75 Å². The van der Waals surface area contributed by atoms with Crippen LogP contribution in [-0.2, 0) is 13.5 Å². The first-order chi connectivity index (χ1) is 9.24. The second-order valence-corrected chi connectivity index (χ2v) is 5.43. The molecule has 4 nitrogen and oxygen atoms in total. The second kappa shape index (κ2) is 6.73. The maximum absolute atomic E-state index is 5.26. The summed E-state index contributed by atoms with van der Waals surface area (Å²) in [6.45, 7) is 3.11. The number of methoxy groups -OCH3 is 1. The highest BCUT2D eigenvalue weighted by molar-refractivity contribution is 7.10. The molecule has 1 N–H and O–H groups in total. The quantitative estimate of drug-likeness (QED) is 0.847. The smallest absolute Gasteiger partial charge is 0.129 e. The Labute approximate surface area is 118 Å². The predicted octanol–water partition coefficient (Wildman–Crippen LogP) is 2.77. The molecule has 5 heteroatoms. The average Bonchev–Trinajstić information content (AvgIpc) is 3.03. The Morgan fingerprint density at radius 2 is 2.37 bits per heavy atom. The molecule has 0 aliphatic carbocycles. The van der Waals surface area contributed by atoms with Gasteiger partial charge in [0.2, 0.25) is 0 Å². The molecule has 104 valence electrons. The summed E-state index contributed by atoms with van der Waals surface area (Å²) in [6, 6.07) is 4.59. The lowest BCUT2D eigenvalue weighted by Crippen LogP contribution is -2.21. The molecular formula is C14H21N3OS. The zero-order valence-electron chi connectivity index (χ0n) is 11.7. The maximum atomic E-state index is 5.26. The summed E-state index contributed by atoms with van der Waals surface area (Å²) in [7, 11) is 3.70. The third kappa shape index (κ3) is 3.58. The summed E-state index contributed by atoms with van der Waals surface area (Å²) < 4.78 is 7.20. The number of nitrogens with zero attached hydrogens (tertiary/aromatic N) is 2. The van der Waals surface area contributed by atoms with E-state index in [0.29, 0.717) is 6.04 Å². The lowest BCUT2D eigenvalue weighted by atomic mass is 10.1. The summed E-state index contributed by atoms with van der Waals surface area (Å²) in [5.74, 6) is 0.948. The van der Waals surface area contributed by atoms with Gasteiger partial charge in [-0.25, -0.2) is 0 Å². The van der Waals surface area contributed by atoms with E-state index in [2.05, 4.69) is 34.9 Å². The molecule has 0 aliphatic rings. The van der Waals surface area contributed by atoms with Crippen molar-refractivity contribution in [3.63, 3.8) is 0 Å². The van der Waals surface area contributed by atoms with E-state index in [1.807, 2.05) is 17.9 Å². The molecule has 0 bridgehead atoms. The average molecular weight is 279 g/mol. The molecule has 2 heterocycles. The second-order valence-electron chi connectivity index (χ2n) is 4.48. The van der Waals surface area contributed by atoms with Gasteiger partial charge in [0.25, 0.3) is 0 Å². The molecule has 0 amide bonds. The van der Waals surface area contributed by atoms with Crippen molar-refractivity contribution in [1.29, 1.82) is 0 Å². The van der Waals surface area contributed by atoms with Gasteiger partial charge < -0.3 is 10.1 Å². The molecular weight excluding hydrogens is 258 g/mol. The van der Waals surface area contributed by atoms with Gasteiger partial charge in [-0.05, 0) is 31.5 Å². The van der Waals surface area contributed by atoms with Crippen molar-refractivity contribution in [3.05, 3.63) is 34.3 Å². The maximum Gasteiger partial charge on any atom is 0.129 e. The topological polar surface area (TPSA) is 39.1 Å². The van der Waals surface area contributed by atoms with E-state index in [0.717, 1.165) is 25.1 Å². The van der Waals surface area contributed by atoms with Gasteiger partial charge in [0.05, 0.1) is 7.11 Å². The first-order valence-corrected chi connectivity index (χ1v) is 7.45. The van der Waals surface area contributed by atoms with Gasteiger partial charge in [-0.2, -0.15) is 5.10 Å². The molecule has 1 unspecified atom stereocenters. The fourth-order valence-electron chi connectivity index (χ4n) is 2.15. The van der Waals surface area contributed by atoms with E-state index in [1.54, 1.807) is 18.4 Å². The van der Waals surface area contributed by atoms with E-state index in [1.165, 1.54) is 10.6 Å². The molecule has 2 rings (SSSR count). The Kier molecular flexibility index (Phi) is 4.99. The highest BCUT2D eigenvalue weighted by Crippen LogP contribution is 2.29. The van der Waals surface area contributed by atoms with Crippen LogP contribution < -0.4 is 10.1 Å². The Hall–Kier alpha value is -1.33. The van der Waals surface area contributed by atoms with Gasteiger partial charge >= 0.3 is 0 Å². The molecule has 0 aliphatic heterocycles. The minimum atomic E-state index is 0.383. The Bertz CT molecular complexity index is 506. The van der Waals surface area contributed by atoms with Gasteiger partial charge in [-0.1, -0.05) is 6.92 Å². The Morgan fingerprint density at radius 3 is 2.95 bits per heavy atom. The SMILES string of the molecule is CCNC(CCc1ccnn1C)c1cc(OC)cs1. The van der Waals surface area contributed by atoms with E-state index in [4.69, 9.17) is 4.74 Å². The largest absolute Gasteiger partial charge is 0.496 e. The molecule has 0 aromatic carbocycles. The fraction of sp³-hybridized carbons (Fsp3) is 0.500. The van der Waals surface area contributed by atoms with E-state index in [-0.39, 0.29) is 0 Å². The molecule has 2 aromatic heterocycles. The van der Waals surface area contributed by atoms with Crippen LogP contribution in [0.2, 0.25) is 0 Å². The van der Waals surface area contributed by atoms with Crippen LogP contribution in [0.4, 0.5) is 0 Å². The summed E-state index contributed by atoms with van der Waals surface area (Å²) in [5, 5.41) is 9.81. The summed E-state index contributed by atoms with van der Waals surface area (Å²) in [6.07, 6.45) is 3.94. The Morgan fingerprint density at radius 1 is 1.53 bits per heavy atom. The normalized spacial score (nSPS) is 12.6. The molecule has 1 atom stereocenters. The van der Waals surface area contributed by atoms with Gasteiger partial charge in [0.1, 0.15) is 5.75 Å². The van der Waals surface area contributed by atoms with Gasteiger partial charge in [-0.15, -0.1) is 11.3 Å². The molecule has 0 radical (unpaired) electrons. The fourth-order valence-corrected chi connectivity index (χ4v) is 3.12. The van der Waals surface area contributed by atoms with Crippen molar-refractivity contribution < 1.29 is 4.74 Å². The zero-order chi connectivity index (χ0) is 13.7. The lowest BCUT2D eigenvalue weighted by Gasteiger charge is -2.16. The van der Waals surface area contributed by atoms with Crippen LogP contribution in [0.5, 0.6) is 5.75 Å². The molecule has 0 fully saturated rings. The van der Waals surface area contributed by atoms with Crippen molar-refractivity contribution in [1.82, 2.24) is 15.1 Å². The van der Waals surface area contributed by atoms with Crippen molar-refractivity contribution in [2.45, 2.75) is 25.8 Å². The molecule has 19 heavy (non-hydrogen) atoms. The minimum Gasteiger partial charge on any atom is -0.496 e. The number of nitrogens with one attached hydrogen (secondary N) is 1. The van der Waals surface area contributed by atoms with Crippen LogP contribution in [0.25, 0.3) is 0 Å². The molecule has 2 aromatic rings. The highest BCUT2D eigenvalue weighted by Gasteiger charge is 2.14. The first kappa shape index (κ1) is 14.1. The number of aryl methyl sites for hydroxylation is 2. The van der Waals surface area contributed by atoms with Crippen LogP contribution in [0.1, 0.15) is 30.0 Å².